The molecule has 4 rings (SSSR count). The Hall–Kier alpha value is -3.62. The Morgan fingerprint density at radius 3 is 2.52 bits per heavy atom. The molecule has 1 amide bonds. The minimum absolute atomic E-state index is 0.00825. The van der Waals surface area contributed by atoms with Crippen LogP contribution >= 0.6 is 0 Å². The van der Waals surface area contributed by atoms with Gasteiger partial charge in [0.25, 0.3) is 18.3 Å². The number of benzene rings is 1. The van der Waals surface area contributed by atoms with Crippen LogP contribution in [0.2, 0.25) is 0 Å². The van der Waals surface area contributed by atoms with E-state index in [1.54, 1.807) is 12.0 Å². The number of anilines is 1. The molecule has 1 N–H and O–H groups in total. The lowest BCUT2D eigenvalue weighted by atomic mass is 9.76. The molecule has 0 saturated carbocycles. The summed E-state index contributed by atoms with van der Waals surface area (Å²) in [6.45, 7) is 16.8. The van der Waals surface area contributed by atoms with E-state index in [4.69, 9.17) is 18.9 Å². The Balaban J connectivity index is 1.53. The number of carbonyl (C=O) groups is 2. The van der Waals surface area contributed by atoms with Crippen molar-refractivity contribution < 1.29 is 32.9 Å². The van der Waals surface area contributed by atoms with Crippen LogP contribution in [0.15, 0.2) is 12.1 Å². The fraction of sp³-hybridized carbons (Fsp3) is 0.676. The summed E-state index contributed by atoms with van der Waals surface area (Å²) in [4.78, 5) is 35.9. The van der Waals surface area contributed by atoms with Crippen LogP contribution in [0.5, 0.6) is 23.4 Å². The molecule has 266 valence electrons. The number of carbonyl (C=O) groups excluding carboxylic acids is 2. The van der Waals surface area contributed by atoms with Gasteiger partial charge in [0.1, 0.15) is 5.82 Å². The summed E-state index contributed by atoms with van der Waals surface area (Å²) in [7, 11) is 3.18. The molecule has 14 heteroatoms. The highest BCUT2D eigenvalue weighted by Gasteiger charge is 2.50. The van der Waals surface area contributed by atoms with E-state index in [9.17, 15) is 14.0 Å². The van der Waals surface area contributed by atoms with Crippen LogP contribution in [0.4, 0.5) is 10.2 Å². The third-order valence-electron chi connectivity index (χ3n) is 9.26. The van der Waals surface area contributed by atoms with E-state index >= 15 is 0 Å². The second kappa shape index (κ2) is 17.2. The number of hydrogen-bond donors (Lipinski definition) is 1. The molecule has 13 nitrogen and oxygen atoms in total. The lowest BCUT2D eigenvalue weighted by Gasteiger charge is -2.53. The fourth-order valence-electron chi connectivity index (χ4n) is 6.88. The zero-order valence-electron chi connectivity index (χ0n) is 29.5. The van der Waals surface area contributed by atoms with Gasteiger partial charge in [0.05, 0.1) is 12.7 Å². The number of aromatic nitrogens is 3. The molecule has 0 aliphatic carbocycles. The van der Waals surface area contributed by atoms with Crippen LogP contribution < -0.4 is 24.4 Å². The van der Waals surface area contributed by atoms with Gasteiger partial charge in [-0.1, -0.05) is 18.9 Å². The Labute approximate surface area is 283 Å². The molecule has 2 saturated heterocycles. The first-order valence-electron chi connectivity index (χ1n) is 17.0. The van der Waals surface area contributed by atoms with Gasteiger partial charge in [-0.2, -0.15) is 4.98 Å². The third kappa shape index (κ3) is 8.88. The van der Waals surface area contributed by atoms with Crippen LogP contribution in [-0.4, -0.2) is 116 Å². The lowest BCUT2D eigenvalue weighted by Crippen LogP contribution is -2.62. The van der Waals surface area contributed by atoms with E-state index in [-0.39, 0.29) is 46.9 Å². The minimum atomic E-state index is -0.754. The quantitative estimate of drug-likeness (QED) is 0.170. The smallest absolute Gasteiger partial charge is 0.337 e. The molecule has 3 heterocycles. The molecule has 2 aromatic rings. The van der Waals surface area contributed by atoms with Crippen LogP contribution in [-0.2, 0) is 9.53 Å². The molecule has 48 heavy (non-hydrogen) atoms. The highest BCUT2D eigenvalue weighted by Crippen LogP contribution is 2.46. The van der Waals surface area contributed by atoms with Gasteiger partial charge in [-0.15, -0.1) is 5.10 Å². The van der Waals surface area contributed by atoms with Gasteiger partial charge in [0.2, 0.25) is 0 Å². The van der Waals surface area contributed by atoms with Crippen molar-refractivity contribution >= 4 is 18.2 Å². The topological polar surface area (TPSA) is 131 Å². The number of ether oxygens (including phenoxy) is 4. The van der Waals surface area contributed by atoms with Crippen molar-refractivity contribution in [2.24, 2.45) is 11.3 Å². The molecular formula is C34H52FN7O6. The largest absolute Gasteiger partial charge is 0.466 e. The van der Waals surface area contributed by atoms with Gasteiger partial charge in [0, 0.05) is 70.0 Å². The highest BCUT2D eigenvalue weighted by molar-refractivity contribution is 5.98. The molecule has 2 fully saturated rings. The first-order valence-corrected chi connectivity index (χ1v) is 17.0. The van der Waals surface area contributed by atoms with E-state index in [0.717, 1.165) is 77.1 Å². The zero-order valence-corrected chi connectivity index (χ0v) is 29.5. The number of hydrogen-bond acceptors (Lipinski definition) is 12. The van der Waals surface area contributed by atoms with Gasteiger partial charge >= 0.3 is 6.01 Å². The molecule has 1 aromatic carbocycles. The van der Waals surface area contributed by atoms with Gasteiger partial charge in [-0.25, -0.2) is 4.39 Å². The van der Waals surface area contributed by atoms with E-state index in [1.165, 1.54) is 7.11 Å². The van der Waals surface area contributed by atoms with Crippen molar-refractivity contribution in [2.75, 3.05) is 71.5 Å². The maximum Gasteiger partial charge on any atom is 0.337 e. The Kier molecular flexibility index (Phi) is 13.3. The summed E-state index contributed by atoms with van der Waals surface area (Å²) in [5.41, 5.74) is -0.0220. The van der Waals surface area contributed by atoms with Crippen LogP contribution in [0.1, 0.15) is 70.7 Å². The molecule has 0 radical (unpaired) electrons. The molecule has 2 aliphatic rings. The minimum Gasteiger partial charge on any atom is -0.466 e. The van der Waals surface area contributed by atoms with E-state index in [0.29, 0.717) is 30.9 Å². The molecule has 1 aromatic heterocycles. The number of rotatable bonds is 19. The monoisotopic (exact) mass is 673 g/mol. The fourth-order valence-corrected chi connectivity index (χ4v) is 6.88. The molecule has 2 aliphatic heterocycles. The number of likely N-dealkylation sites (tertiary alicyclic amines) is 1. The molecule has 0 unspecified atom stereocenters. The second-order valence-electron chi connectivity index (χ2n) is 13.3. The zero-order chi connectivity index (χ0) is 34.8. The van der Waals surface area contributed by atoms with Gasteiger partial charge in [0.15, 0.2) is 17.3 Å². The molecule has 0 bridgehead atoms. The van der Waals surface area contributed by atoms with E-state index in [1.807, 2.05) is 20.8 Å². The van der Waals surface area contributed by atoms with Crippen molar-refractivity contribution in [1.82, 2.24) is 30.3 Å². The third-order valence-corrected chi connectivity index (χ3v) is 9.26. The number of methoxy groups -OCH3 is 2. The highest BCUT2D eigenvalue weighted by atomic mass is 19.1. The molecular weight excluding hydrogens is 621 g/mol. The average molecular weight is 674 g/mol. The van der Waals surface area contributed by atoms with Crippen molar-refractivity contribution in [3.8, 4) is 23.4 Å². The number of halogens is 1. The van der Waals surface area contributed by atoms with Crippen LogP contribution in [0.3, 0.4) is 0 Å². The Morgan fingerprint density at radius 1 is 1.12 bits per heavy atom. The number of amides is 1. The van der Waals surface area contributed by atoms with E-state index in [2.05, 4.69) is 44.1 Å². The first-order chi connectivity index (χ1) is 23.1. The van der Waals surface area contributed by atoms with Crippen molar-refractivity contribution in [2.45, 2.75) is 72.4 Å². The van der Waals surface area contributed by atoms with Crippen LogP contribution in [0, 0.1) is 17.2 Å². The maximum atomic E-state index is 14.7. The summed E-state index contributed by atoms with van der Waals surface area (Å²) >= 11 is 0. The molecule has 1 atom stereocenters. The van der Waals surface area contributed by atoms with Gasteiger partial charge < -0.3 is 34.1 Å². The van der Waals surface area contributed by atoms with Crippen molar-refractivity contribution in [1.29, 1.82) is 0 Å². The SMILES string of the molecule is CCN(C(=O)c1cc(F)cc(OC=O)c1Oc1nnc(OC)nc1N1CCC2(C1)CN([C@H](CCCNCCCOC)C(C)C)C2)C(C)C. The predicted octanol–water partition coefficient (Wildman–Crippen LogP) is 4.16. The summed E-state index contributed by atoms with van der Waals surface area (Å²) in [6.07, 6.45) is 4.23. The van der Waals surface area contributed by atoms with E-state index < -0.39 is 11.7 Å². The Bertz CT molecular complexity index is 1370. The van der Waals surface area contributed by atoms with Crippen molar-refractivity contribution in [3.63, 3.8) is 0 Å². The normalized spacial score (nSPS) is 16.3. The summed E-state index contributed by atoms with van der Waals surface area (Å²) in [6, 6.07) is 2.45. The van der Waals surface area contributed by atoms with Gasteiger partial charge in [-0.05, 0) is 71.5 Å². The lowest BCUT2D eigenvalue weighted by molar-refractivity contribution is -0.120. The average Bonchev–Trinajstić information content (AvgIpc) is 3.49. The standard InChI is InChI=1S/C34H52FN7O6/c1-8-42(24(4)5)32(44)26-17-25(35)18-28(47-22-43)29(26)48-31-30(37-33(46-7)39-38-31)40-15-12-34(19-40)20-41(21-34)27(23(2)3)11-9-13-36-14-10-16-45-6/h17-18,22-24,27,36H,8-16,19-21H2,1-7H3/t27-/m1/s1. The van der Waals surface area contributed by atoms with Gasteiger partial charge in [-0.3, -0.25) is 14.5 Å². The second-order valence-corrected chi connectivity index (χ2v) is 13.3. The Morgan fingerprint density at radius 2 is 1.88 bits per heavy atom. The van der Waals surface area contributed by atoms with Crippen molar-refractivity contribution in [3.05, 3.63) is 23.5 Å². The summed E-state index contributed by atoms with van der Waals surface area (Å²) in [5.74, 6) is -0.723. The van der Waals surface area contributed by atoms with Crippen LogP contribution in [0.25, 0.3) is 0 Å². The molecule has 1 spiro atoms. The number of nitrogens with zero attached hydrogens (tertiary/aromatic N) is 6. The summed E-state index contributed by atoms with van der Waals surface area (Å²) in [5, 5.41) is 11.8. The first kappa shape index (κ1) is 37.2. The maximum absolute atomic E-state index is 14.7. The number of nitrogens with one attached hydrogen (secondary N) is 1. The summed E-state index contributed by atoms with van der Waals surface area (Å²) < 4.78 is 36.5. The predicted molar refractivity (Wildman–Crippen MR) is 179 cm³/mol.